The molecule has 0 spiro atoms. The predicted octanol–water partition coefficient (Wildman–Crippen LogP) is 9.57. The van der Waals surface area contributed by atoms with Gasteiger partial charge in [-0.05, 0) is 87.1 Å². The van der Waals surface area contributed by atoms with Crippen molar-refractivity contribution < 1.29 is 19.2 Å². The Balaban J connectivity index is 1.00. The van der Waals surface area contributed by atoms with Crippen LogP contribution in [0.15, 0.2) is 71.5 Å². The van der Waals surface area contributed by atoms with E-state index in [0.717, 1.165) is 84.7 Å². The highest BCUT2D eigenvalue weighted by molar-refractivity contribution is 6.38. The number of pyridine rings is 2. The highest BCUT2D eigenvalue weighted by atomic mass is 35.5. The Bertz CT molecular complexity index is 2070. The molecule has 0 amide bonds. The van der Waals surface area contributed by atoms with Gasteiger partial charge in [-0.1, -0.05) is 64.5 Å². The minimum Gasteiger partial charge on any atom is -0.477 e. The Kier molecular flexibility index (Phi) is 7.87. The molecule has 3 aromatic heterocycles. The van der Waals surface area contributed by atoms with E-state index in [4.69, 9.17) is 32.5 Å². The van der Waals surface area contributed by atoms with Gasteiger partial charge in [-0.15, -0.1) is 0 Å². The highest BCUT2D eigenvalue weighted by Gasteiger charge is 2.49. The van der Waals surface area contributed by atoms with E-state index in [2.05, 4.69) is 32.3 Å². The minimum atomic E-state index is -1.07. The number of carboxylic acid groups (broad SMARTS) is 1. The van der Waals surface area contributed by atoms with E-state index in [1.54, 1.807) is 18.5 Å². The second-order valence-corrected chi connectivity index (χ2v) is 14.0. The average molecular weight is 680 g/mol. The summed E-state index contributed by atoms with van der Waals surface area (Å²) in [6.45, 7) is 0.395. The third-order valence-corrected chi connectivity index (χ3v) is 10.7. The van der Waals surface area contributed by atoms with E-state index < -0.39 is 5.97 Å². The van der Waals surface area contributed by atoms with Crippen molar-refractivity contribution in [2.75, 3.05) is 5.32 Å². The van der Waals surface area contributed by atoms with Gasteiger partial charge in [0.2, 0.25) is 0 Å². The number of rotatable bonds is 8. The van der Waals surface area contributed by atoms with Gasteiger partial charge in [0.15, 0.2) is 5.69 Å². The van der Waals surface area contributed by atoms with Crippen molar-refractivity contribution in [3.05, 3.63) is 99.6 Å². The molecule has 10 heteroatoms. The van der Waals surface area contributed by atoms with Crippen molar-refractivity contribution >= 4 is 51.4 Å². The van der Waals surface area contributed by atoms with Crippen molar-refractivity contribution in [1.82, 2.24) is 15.1 Å². The molecule has 0 saturated heterocycles. The number of ether oxygens (including phenoxy) is 1. The van der Waals surface area contributed by atoms with Crippen LogP contribution in [0.3, 0.4) is 0 Å². The van der Waals surface area contributed by atoms with Crippen LogP contribution in [-0.4, -0.2) is 31.8 Å². The molecule has 4 fully saturated rings. The standard InChI is InChI=1S/C38H32Cl2N4O4/c39-29-20-41-21-30(40)32(29)33-28(34(48-44-33)24-8-9-24)22-47-38-15-12-37(13-16-38,14-17-38)11-10-23-6-7-25-19-31(36(45)46)43-35(27(25)18-23)42-26-4-2-1-3-5-26/h1-7,18-21,24H,8-9,12-17,22H2,(H,42,43)(H,45,46). The Morgan fingerprint density at radius 1 is 1.00 bits per heavy atom. The van der Waals surface area contributed by atoms with Gasteiger partial charge in [0.05, 0.1) is 22.3 Å². The lowest BCUT2D eigenvalue weighted by Crippen LogP contribution is -2.47. The molecule has 2 N–H and O–H groups in total. The van der Waals surface area contributed by atoms with E-state index in [-0.39, 0.29) is 16.7 Å². The van der Waals surface area contributed by atoms with Crippen LogP contribution < -0.4 is 5.32 Å². The summed E-state index contributed by atoms with van der Waals surface area (Å²) >= 11 is 13.0. The summed E-state index contributed by atoms with van der Waals surface area (Å²) in [5.74, 6) is 7.79. The molecule has 0 aliphatic heterocycles. The number of halogens is 2. The quantitative estimate of drug-likeness (QED) is 0.156. The zero-order valence-corrected chi connectivity index (χ0v) is 27.6. The third kappa shape index (κ3) is 5.92. The summed E-state index contributed by atoms with van der Waals surface area (Å²) in [6, 6.07) is 17.1. The summed E-state index contributed by atoms with van der Waals surface area (Å²) in [7, 11) is 0. The predicted molar refractivity (Wildman–Crippen MR) is 185 cm³/mol. The van der Waals surface area contributed by atoms with Gasteiger partial charge >= 0.3 is 5.97 Å². The summed E-state index contributed by atoms with van der Waals surface area (Å²) in [6.07, 6.45) is 11.0. The molecule has 4 saturated carbocycles. The van der Waals surface area contributed by atoms with Gasteiger partial charge in [0.1, 0.15) is 17.3 Å². The topological polar surface area (TPSA) is 110 Å². The van der Waals surface area contributed by atoms with Crippen molar-refractivity contribution in [1.29, 1.82) is 0 Å². The van der Waals surface area contributed by atoms with E-state index in [0.29, 0.717) is 39.6 Å². The Morgan fingerprint density at radius 3 is 2.42 bits per heavy atom. The summed E-state index contributed by atoms with van der Waals surface area (Å²) < 4.78 is 12.7. The molecule has 2 aromatic carbocycles. The lowest BCUT2D eigenvalue weighted by molar-refractivity contribution is -0.131. The third-order valence-electron chi connectivity index (χ3n) is 10.1. The number of aromatic nitrogens is 3. The number of anilines is 2. The molecule has 242 valence electrons. The van der Waals surface area contributed by atoms with Crippen molar-refractivity contribution in [2.24, 2.45) is 5.41 Å². The molecular weight excluding hydrogens is 647 g/mol. The number of hydrogen-bond acceptors (Lipinski definition) is 7. The first kappa shape index (κ1) is 30.9. The average Bonchev–Trinajstić information content (AvgIpc) is 3.87. The van der Waals surface area contributed by atoms with Crippen LogP contribution in [0.1, 0.15) is 84.7 Å². The summed E-state index contributed by atoms with van der Waals surface area (Å²) in [5, 5.41) is 19.8. The number of hydrogen-bond donors (Lipinski definition) is 2. The first-order valence-corrected chi connectivity index (χ1v) is 17.0. The number of aromatic carboxylic acids is 1. The van der Waals surface area contributed by atoms with E-state index in [9.17, 15) is 9.90 Å². The normalized spacial score (nSPS) is 21.5. The number of carboxylic acids is 1. The molecular formula is C38H32Cl2N4O4. The van der Waals surface area contributed by atoms with Gasteiger partial charge < -0.3 is 19.7 Å². The lowest BCUT2D eigenvalue weighted by atomic mass is 9.59. The van der Waals surface area contributed by atoms with Crippen LogP contribution in [-0.2, 0) is 11.3 Å². The van der Waals surface area contributed by atoms with Crippen LogP contribution in [0.5, 0.6) is 0 Å². The zero-order valence-electron chi connectivity index (χ0n) is 26.1. The number of nitrogens with one attached hydrogen (secondary N) is 1. The molecule has 0 radical (unpaired) electrons. The zero-order chi connectivity index (χ0) is 32.9. The van der Waals surface area contributed by atoms with E-state index >= 15 is 0 Å². The monoisotopic (exact) mass is 678 g/mol. The smallest absolute Gasteiger partial charge is 0.354 e. The van der Waals surface area contributed by atoms with Crippen LogP contribution in [0.2, 0.25) is 10.0 Å². The lowest BCUT2D eigenvalue weighted by Gasteiger charge is -2.51. The molecule has 0 atom stereocenters. The second kappa shape index (κ2) is 12.2. The van der Waals surface area contributed by atoms with Crippen LogP contribution >= 0.6 is 23.2 Å². The van der Waals surface area contributed by atoms with Gasteiger partial charge in [-0.2, -0.15) is 0 Å². The van der Waals surface area contributed by atoms with E-state index in [1.165, 1.54) is 0 Å². The molecule has 3 heterocycles. The largest absolute Gasteiger partial charge is 0.477 e. The number of nitrogens with zero attached hydrogens (tertiary/aromatic N) is 3. The molecule has 0 unspecified atom stereocenters. The van der Waals surface area contributed by atoms with Crippen LogP contribution in [0, 0.1) is 17.3 Å². The highest BCUT2D eigenvalue weighted by Crippen LogP contribution is 2.54. The van der Waals surface area contributed by atoms with Gasteiger partial charge in [-0.3, -0.25) is 4.98 Å². The second-order valence-electron chi connectivity index (χ2n) is 13.2. The molecule has 2 bridgehead atoms. The molecule has 9 rings (SSSR count). The number of benzene rings is 2. The fourth-order valence-electron chi connectivity index (χ4n) is 7.14. The first-order valence-electron chi connectivity index (χ1n) is 16.3. The fourth-order valence-corrected chi connectivity index (χ4v) is 7.68. The molecule has 8 nitrogen and oxygen atoms in total. The molecule has 4 aliphatic rings. The summed E-state index contributed by atoms with van der Waals surface area (Å²) in [5.41, 5.74) is 3.64. The minimum absolute atomic E-state index is 0.0113. The van der Waals surface area contributed by atoms with Crippen LogP contribution in [0.25, 0.3) is 22.0 Å². The Morgan fingerprint density at radius 2 is 1.73 bits per heavy atom. The number of carbonyl (C=O) groups is 1. The van der Waals surface area contributed by atoms with Crippen molar-refractivity contribution in [2.45, 2.75) is 69.5 Å². The Labute approximate surface area is 287 Å². The van der Waals surface area contributed by atoms with Crippen molar-refractivity contribution in [3.63, 3.8) is 0 Å². The molecule has 5 aromatic rings. The SMILES string of the molecule is O=C(O)c1cc2ccc(C#CC34CCC(OCc5c(-c6c(Cl)cncc6Cl)noc5C5CC5)(CC3)CC4)cc2c(Nc2ccccc2)n1. The number of para-hydroxylation sites is 1. The molecule has 4 aliphatic carbocycles. The maximum atomic E-state index is 11.8. The van der Waals surface area contributed by atoms with Crippen molar-refractivity contribution in [3.8, 4) is 23.1 Å². The van der Waals surface area contributed by atoms with Gasteiger partial charge in [0.25, 0.3) is 0 Å². The maximum absolute atomic E-state index is 11.8. The molecule has 48 heavy (non-hydrogen) atoms. The van der Waals surface area contributed by atoms with Crippen LogP contribution in [0.4, 0.5) is 11.5 Å². The summed E-state index contributed by atoms with van der Waals surface area (Å²) in [4.78, 5) is 20.3. The van der Waals surface area contributed by atoms with Gasteiger partial charge in [-0.25, -0.2) is 9.78 Å². The first-order chi connectivity index (χ1) is 23.3. The fraction of sp³-hybridized carbons (Fsp3) is 0.316. The van der Waals surface area contributed by atoms with Gasteiger partial charge in [0, 0.05) is 51.5 Å². The maximum Gasteiger partial charge on any atom is 0.354 e. The Hall–Kier alpha value is -4.42. The number of fused-ring (bicyclic) bond motifs is 4. The van der Waals surface area contributed by atoms with E-state index in [1.807, 2.05) is 48.5 Å².